The molecule has 188 valence electrons. The van der Waals surface area contributed by atoms with Crippen LogP contribution in [-0.2, 0) is 12.1 Å². The van der Waals surface area contributed by atoms with Crippen LogP contribution in [0.15, 0.2) is 140 Å². The minimum absolute atomic E-state index is 0.492. The Kier molecular flexibility index (Phi) is 5.85. The van der Waals surface area contributed by atoms with E-state index in [4.69, 9.17) is 10.8 Å². The van der Waals surface area contributed by atoms with Gasteiger partial charge in [0.05, 0.1) is 0 Å². The van der Waals surface area contributed by atoms with E-state index in [1.165, 1.54) is 10.8 Å². The molecule has 0 radical (unpaired) electrons. The second-order valence-corrected chi connectivity index (χ2v) is 10.9. The molecule has 0 spiro atoms. The molecular weight excluding hydrogens is 494 g/mol. The standard InChI is InChI=1S/C35H27N3S/c36-24-31-23-32-33(27-21-20-25-12-10-11-13-26(25)22-27)37-38(34(32)39-31)35(28-14-4-1-5-15-28,29-16-6-2-7-17-29)30-18-8-3-9-19-30/h1-23H,24,36H2. The summed E-state index contributed by atoms with van der Waals surface area (Å²) in [5.74, 6) is 0. The summed E-state index contributed by atoms with van der Waals surface area (Å²) >= 11 is 1.73. The Balaban J connectivity index is 1.61. The van der Waals surface area contributed by atoms with Crippen molar-refractivity contribution in [2.75, 3.05) is 0 Å². The number of hydrogen-bond acceptors (Lipinski definition) is 3. The first-order valence-corrected chi connectivity index (χ1v) is 14.0. The number of rotatable bonds is 6. The van der Waals surface area contributed by atoms with Crippen LogP contribution in [0, 0.1) is 0 Å². The van der Waals surface area contributed by atoms with Crippen molar-refractivity contribution in [3.05, 3.63) is 161 Å². The number of thiophene rings is 1. The van der Waals surface area contributed by atoms with Gasteiger partial charge in [-0.05, 0) is 39.6 Å². The fourth-order valence-electron chi connectivity index (χ4n) is 5.74. The number of aromatic nitrogens is 2. The predicted molar refractivity (Wildman–Crippen MR) is 163 cm³/mol. The molecule has 0 saturated carbocycles. The number of hydrogen-bond donors (Lipinski definition) is 1. The molecule has 4 heteroatoms. The summed E-state index contributed by atoms with van der Waals surface area (Å²) in [6.45, 7) is 0.492. The van der Waals surface area contributed by atoms with Crippen molar-refractivity contribution in [1.82, 2.24) is 9.78 Å². The molecule has 0 unspecified atom stereocenters. The third-order valence-corrected chi connectivity index (χ3v) is 8.66. The quantitative estimate of drug-likeness (QED) is 0.224. The smallest absolute Gasteiger partial charge is 0.139 e. The van der Waals surface area contributed by atoms with Gasteiger partial charge in [0, 0.05) is 22.4 Å². The van der Waals surface area contributed by atoms with E-state index in [0.717, 1.165) is 43.0 Å². The maximum atomic E-state index is 6.21. The normalized spacial score (nSPS) is 11.8. The molecule has 7 aromatic rings. The largest absolute Gasteiger partial charge is 0.326 e. The van der Waals surface area contributed by atoms with Gasteiger partial charge in [-0.2, -0.15) is 5.10 Å². The van der Waals surface area contributed by atoms with Crippen molar-refractivity contribution >= 4 is 32.3 Å². The summed E-state index contributed by atoms with van der Waals surface area (Å²) in [7, 11) is 0. The molecule has 2 aromatic heterocycles. The SMILES string of the molecule is NCc1cc2c(-c3ccc4ccccc4c3)nn(C(c3ccccc3)(c3ccccc3)c3ccccc3)c2s1. The van der Waals surface area contributed by atoms with Gasteiger partial charge < -0.3 is 5.73 Å². The van der Waals surface area contributed by atoms with Gasteiger partial charge in [-0.25, -0.2) is 4.68 Å². The lowest BCUT2D eigenvalue weighted by Crippen LogP contribution is -2.38. The molecule has 5 aromatic carbocycles. The first-order chi connectivity index (χ1) is 19.3. The average molecular weight is 522 g/mol. The molecule has 3 nitrogen and oxygen atoms in total. The number of fused-ring (bicyclic) bond motifs is 2. The molecule has 39 heavy (non-hydrogen) atoms. The second kappa shape index (κ2) is 9.66. The molecule has 0 aliphatic rings. The number of benzene rings is 5. The van der Waals surface area contributed by atoms with Gasteiger partial charge >= 0.3 is 0 Å². The Hall–Kier alpha value is -4.51. The Morgan fingerprint density at radius 2 is 1.15 bits per heavy atom. The predicted octanol–water partition coefficient (Wildman–Crippen LogP) is 8.22. The molecule has 2 heterocycles. The number of nitrogens with two attached hydrogens (primary N) is 1. The summed E-state index contributed by atoms with van der Waals surface area (Å²) in [5.41, 5.74) is 11.0. The zero-order valence-corrected chi connectivity index (χ0v) is 22.2. The van der Waals surface area contributed by atoms with E-state index >= 15 is 0 Å². The van der Waals surface area contributed by atoms with Gasteiger partial charge in [-0.15, -0.1) is 11.3 Å². The maximum Gasteiger partial charge on any atom is 0.139 e. The van der Waals surface area contributed by atoms with Crippen molar-refractivity contribution < 1.29 is 0 Å². The van der Waals surface area contributed by atoms with Gasteiger partial charge in [-0.3, -0.25) is 0 Å². The Morgan fingerprint density at radius 3 is 1.72 bits per heavy atom. The van der Waals surface area contributed by atoms with E-state index in [9.17, 15) is 0 Å². The summed E-state index contributed by atoms with van der Waals surface area (Å²) in [5, 5.41) is 9.04. The monoisotopic (exact) mass is 521 g/mol. The lowest BCUT2D eigenvalue weighted by atomic mass is 9.77. The Bertz CT molecular complexity index is 1790. The molecule has 7 rings (SSSR count). The lowest BCUT2D eigenvalue weighted by Gasteiger charge is -2.36. The third kappa shape index (κ3) is 3.80. The first-order valence-electron chi connectivity index (χ1n) is 13.2. The van der Waals surface area contributed by atoms with Crippen LogP contribution in [0.3, 0.4) is 0 Å². The van der Waals surface area contributed by atoms with Crippen molar-refractivity contribution in [2.45, 2.75) is 12.1 Å². The van der Waals surface area contributed by atoms with Crippen LogP contribution < -0.4 is 5.73 Å². The summed E-state index contributed by atoms with van der Waals surface area (Å²) in [6, 6.07) is 49.4. The van der Waals surface area contributed by atoms with E-state index in [2.05, 4.69) is 144 Å². The van der Waals surface area contributed by atoms with Crippen LogP contribution in [0.1, 0.15) is 21.6 Å². The van der Waals surface area contributed by atoms with Crippen LogP contribution in [0.5, 0.6) is 0 Å². The highest BCUT2D eigenvalue weighted by molar-refractivity contribution is 7.18. The first kappa shape index (κ1) is 23.6. The number of nitrogens with zero attached hydrogens (tertiary/aromatic N) is 2. The zero-order chi connectivity index (χ0) is 26.2. The highest BCUT2D eigenvalue weighted by atomic mass is 32.1. The van der Waals surface area contributed by atoms with E-state index in [-0.39, 0.29) is 0 Å². The fourth-order valence-corrected chi connectivity index (χ4v) is 6.78. The summed E-state index contributed by atoms with van der Waals surface area (Å²) < 4.78 is 2.25. The van der Waals surface area contributed by atoms with Crippen molar-refractivity contribution in [2.24, 2.45) is 5.73 Å². The fraction of sp³-hybridized carbons (Fsp3) is 0.0571. The lowest BCUT2D eigenvalue weighted by molar-refractivity contribution is 0.479. The van der Waals surface area contributed by atoms with E-state index in [1.807, 2.05) is 0 Å². The van der Waals surface area contributed by atoms with E-state index in [0.29, 0.717) is 6.54 Å². The summed E-state index contributed by atoms with van der Waals surface area (Å²) in [4.78, 5) is 2.25. The van der Waals surface area contributed by atoms with Gasteiger partial charge in [0.15, 0.2) is 0 Å². The molecule has 0 aliphatic heterocycles. The second-order valence-electron chi connectivity index (χ2n) is 9.77. The van der Waals surface area contributed by atoms with E-state index < -0.39 is 5.54 Å². The molecular formula is C35H27N3S. The zero-order valence-electron chi connectivity index (χ0n) is 21.4. The van der Waals surface area contributed by atoms with Gasteiger partial charge in [0.1, 0.15) is 16.1 Å². The minimum Gasteiger partial charge on any atom is -0.326 e. The Morgan fingerprint density at radius 1 is 0.615 bits per heavy atom. The van der Waals surface area contributed by atoms with Gasteiger partial charge in [0.2, 0.25) is 0 Å². The van der Waals surface area contributed by atoms with Gasteiger partial charge in [-0.1, -0.05) is 127 Å². The van der Waals surface area contributed by atoms with Crippen molar-refractivity contribution in [1.29, 1.82) is 0 Å². The molecule has 0 fully saturated rings. The average Bonchev–Trinajstić information content (AvgIpc) is 3.59. The van der Waals surface area contributed by atoms with E-state index in [1.54, 1.807) is 11.3 Å². The molecule has 0 amide bonds. The molecule has 0 saturated heterocycles. The van der Waals surface area contributed by atoms with Crippen LogP contribution in [0.2, 0.25) is 0 Å². The van der Waals surface area contributed by atoms with Crippen LogP contribution in [0.4, 0.5) is 0 Å². The summed E-state index contributed by atoms with van der Waals surface area (Å²) in [6.07, 6.45) is 0. The minimum atomic E-state index is -0.687. The maximum absolute atomic E-state index is 6.21. The van der Waals surface area contributed by atoms with Crippen LogP contribution >= 0.6 is 11.3 Å². The van der Waals surface area contributed by atoms with Crippen LogP contribution in [-0.4, -0.2) is 9.78 Å². The Labute approximate surface area is 231 Å². The highest BCUT2D eigenvalue weighted by Crippen LogP contribution is 2.46. The molecule has 0 aliphatic carbocycles. The molecule has 0 atom stereocenters. The van der Waals surface area contributed by atoms with Crippen molar-refractivity contribution in [3.63, 3.8) is 0 Å². The third-order valence-electron chi connectivity index (χ3n) is 7.53. The van der Waals surface area contributed by atoms with Crippen molar-refractivity contribution in [3.8, 4) is 11.3 Å². The van der Waals surface area contributed by atoms with Gasteiger partial charge in [0.25, 0.3) is 0 Å². The van der Waals surface area contributed by atoms with Crippen LogP contribution in [0.25, 0.3) is 32.2 Å². The molecule has 2 N–H and O–H groups in total. The molecule has 0 bridgehead atoms. The highest BCUT2D eigenvalue weighted by Gasteiger charge is 2.41. The topological polar surface area (TPSA) is 43.8 Å².